The van der Waals surface area contributed by atoms with E-state index in [0.717, 1.165) is 122 Å². The van der Waals surface area contributed by atoms with E-state index >= 15 is 0 Å². The van der Waals surface area contributed by atoms with Gasteiger partial charge in [0, 0.05) is 13.0 Å². The van der Waals surface area contributed by atoms with Gasteiger partial charge in [-0.2, -0.15) is 0 Å². The molecule has 0 spiro atoms. The van der Waals surface area contributed by atoms with E-state index in [1.54, 1.807) is 0 Å². The molecule has 0 aromatic rings. The number of esters is 1. The first kappa shape index (κ1) is 51.5. The molecule has 55 heavy (non-hydrogen) atoms. The van der Waals surface area contributed by atoms with Crippen LogP contribution in [-0.2, 0) is 14.3 Å². The van der Waals surface area contributed by atoms with E-state index in [1.807, 2.05) is 0 Å². The summed E-state index contributed by atoms with van der Waals surface area (Å²) in [6.45, 7) is 5.00. The van der Waals surface area contributed by atoms with E-state index in [0.29, 0.717) is 13.0 Å². The second kappa shape index (κ2) is 46.7. The van der Waals surface area contributed by atoms with Crippen LogP contribution < -0.4 is 0 Å². The molecule has 1 atom stereocenters. The van der Waals surface area contributed by atoms with E-state index in [-0.39, 0.29) is 19.2 Å². The van der Waals surface area contributed by atoms with Gasteiger partial charge in [0.25, 0.3) is 0 Å². The number of aliphatic hydroxyl groups is 1. The van der Waals surface area contributed by atoms with Crippen molar-refractivity contribution in [2.45, 2.75) is 161 Å². The molecule has 4 heteroatoms. The monoisotopic (exact) mass is 757 g/mol. The number of allylic oxidation sites excluding steroid dienone is 22. The lowest BCUT2D eigenvalue weighted by Crippen LogP contribution is -2.27. The van der Waals surface area contributed by atoms with E-state index in [2.05, 4.69) is 148 Å². The highest BCUT2D eigenvalue weighted by molar-refractivity contribution is 5.69. The maximum Gasteiger partial charge on any atom is 0.306 e. The summed E-state index contributed by atoms with van der Waals surface area (Å²) in [5.41, 5.74) is 0. The summed E-state index contributed by atoms with van der Waals surface area (Å²) in [6.07, 6.45) is 70.8. The first-order chi connectivity index (χ1) is 27.2. The first-order valence-electron chi connectivity index (χ1n) is 21.8. The Morgan fingerprint density at radius 2 is 0.764 bits per heavy atom. The molecule has 1 N–H and O–H groups in total. The van der Waals surface area contributed by atoms with Crippen LogP contribution in [0.1, 0.15) is 155 Å². The van der Waals surface area contributed by atoms with Crippen LogP contribution in [0.3, 0.4) is 0 Å². The number of aliphatic hydroxyl groups excluding tert-OH is 1. The lowest BCUT2D eigenvalue weighted by atomic mass is 10.1. The number of rotatable bonds is 38. The van der Waals surface area contributed by atoms with Crippen molar-refractivity contribution in [3.8, 4) is 0 Å². The molecule has 0 aliphatic rings. The van der Waals surface area contributed by atoms with Crippen LogP contribution in [0.5, 0.6) is 0 Å². The van der Waals surface area contributed by atoms with Crippen molar-refractivity contribution in [1.82, 2.24) is 0 Å². The van der Waals surface area contributed by atoms with Gasteiger partial charge >= 0.3 is 5.97 Å². The zero-order valence-electron chi connectivity index (χ0n) is 35.1. The second-order valence-corrected chi connectivity index (χ2v) is 13.6. The smallest absolute Gasteiger partial charge is 0.306 e. The maximum atomic E-state index is 12.2. The van der Waals surface area contributed by atoms with Gasteiger partial charge < -0.3 is 14.6 Å². The van der Waals surface area contributed by atoms with Gasteiger partial charge in [-0.05, 0) is 109 Å². The normalized spacial score (nSPS) is 13.7. The number of ether oxygens (including phenoxy) is 2. The summed E-state index contributed by atoms with van der Waals surface area (Å²) < 4.78 is 11.1. The van der Waals surface area contributed by atoms with Crippen molar-refractivity contribution in [3.05, 3.63) is 134 Å². The summed E-state index contributed by atoms with van der Waals surface area (Å²) in [6, 6.07) is 0. The Hall–Kier alpha value is -3.47. The van der Waals surface area contributed by atoms with Gasteiger partial charge in [0.2, 0.25) is 0 Å². The van der Waals surface area contributed by atoms with Crippen LogP contribution in [0, 0.1) is 0 Å². The molecule has 0 amide bonds. The molecule has 0 heterocycles. The van der Waals surface area contributed by atoms with Crippen LogP contribution in [0.4, 0.5) is 0 Å². The van der Waals surface area contributed by atoms with Gasteiger partial charge in [0.1, 0.15) is 6.10 Å². The number of unbranched alkanes of at least 4 members (excludes halogenated alkanes) is 8. The molecule has 0 aromatic carbocycles. The van der Waals surface area contributed by atoms with E-state index in [9.17, 15) is 9.90 Å². The van der Waals surface area contributed by atoms with E-state index < -0.39 is 6.10 Å². The first-order valence-corrected chi connectivity index (χ1v) is 21.8. The number of carbonyl (C=O) groups is 1. The Bertz CT molecular complexity index is 1160. The molecule has 308 valence electrons. The molecule has 0 aliphatic heterocycles. The largest absolute Gasteiger partial charge is 0.457 e. The predicted octanol–water partition coefficient (Wildman–Crippen LogP) is 14.6. The highest BCUT2D eigenvalue weighted by Gasteiger charge is 2.13. The van der Waals surface area contributed by atoms with Crippen LogP contribution in [-0.4, -0.2) is 37.0 Å². The highest BCUT2D eigenvalue weighted by Crippen LogP contribution is 2.09. The molecule has 0 rings (SSSR count). The van der Waals surface area contributed by atoms with Crippen LogP contribution in [0.2, 0.25) is 0 Å². The van der Waals surface area contributed by atoms with Crippen LogP contribution in [0.25, 0.3) is 0 Å². The van der Waals surface area contributed by atoms with Crippen LogP contribution >= 0.6 is 0 Å². The number of hydrogen-bond acceptors (Lipinski definition) is 4. The van der Waals surface area contributed by atoms with Crippen LogP contribution in [0.15, 0.2) is 134 Å². The van der Waals surface area contributed by atoms with Gasteiger partial charge in [0.05, 0.1) is 13.2 Å². The molecule has 0 fully saturated rings. The number of carbonyl (C=O) groups excluding carboxylic acids is 1. The van der Waals surface area contributed by atoms with Crippen molar-refractivity contribution < 1.29 is 19.4 Å². The molecule has 4 nitrogen and oxygen atoms in total. The summed E-state index contributed by atoms with van der Waals surface area (Å²) >= 11 is 0. The molecule has 0 saturated heterocycles. The highest BCUT2D eigenvalue weighted by atomic mass is 16.6. The van der Waals surface area contributed by atoms with E-state index in [4.69, 9.17) is 9.47 Å². The average Bonchev–Trinajstić information content (AvgIpc) is 3.19. The summed E-state index contributed by atoms with van der Waals surface area (Å²) in [4.78, 5) is 12.2. The van der Waals surface area contributed by atoms with Crippen molar-refractivity contribution in [3.63, 3.8) is 0 Å². The minimum absolute atomic E-state index is 0.203. The molecular formula is C51H80O4. The third-order valence-corrected chi connectivity index (χ3v) is 8.47. The fourth-order valence-corrected chi connectivity index (χ4v) is 5.30. The topological polar surface area (TPSA) is 55.8 Å². The van der Waals surface area contributed by atoms with Gasteiger partial charge in [-0.1, -0.05) is 173 Å². The Morgan fingerprint density at radius 1 is 0.436 bits per heavy atom. The molecular weight excluding hydrogens is 677 g/mol. The second-order valence-electron chi connectivity index (χ2n) is 13.6. The fraction of sp³-hybridized carbons (Fsp3) is 0.549. The van der Waals surface area contributed by atoms with Gasteiger partial charge in [-0.15, -0.1) is 0 Å². The van der Waals surface area contributed by atoms with Gasteiger partial charge in [-0.25, -0.2) is 0 Å². The quantitative estimate of drug-likeness (QED) is 0.0387. The lowest BCUT2D eigenvalue weighted by molar-refractivity contribution is -0.154. The molecule has 0 radical (unpaired) electrons. The minimum atomic E-state index is -0.573. The van der Waals surface area contributed by atoms with Crippen molar-refractivity contribution in [2.24, 2.45) is 0 Å². The predicted molar refractivity (Wildman–Crippen MR) is 241 cm³/mol. The Labute approximate surface area is 339 Å². The molecule has 1 unspecified atom stereocenters. The summed E-state index contributed by atoms with van der Waals surface area (Å²) in [7, 11) is 0. The molecule has 0 aliphatic carbocycles. The summed E-state index contributed by atoms with van der Waals surface area (Å²) in [5.74, 6) is -0.241. The fourth-order valence-electron chi connectivity index (χ4n) is 5.30. The zero-order valence-corrected chi connectivity index (χ0v) is 35.1. The average molecular weight is 757 g/mol. The van der Waals surface area contributed by atoms with Crippen molar-refractivity contribution >= 4 is 5.97 Å². The molecule has 0 aromatic heterocycles. The Morgan fingerprint density at radius 3 is 1.13 bits per heavy atom. The minimum Gasteiger partial charge on any atom is -0.457 e. The molecule has 0 saturated carbocycles. The Kier molecular flexibility index (Phi) is 43.7. The third-order valence-electron chi connectivity index (χ3n) is 8.47. The summed E-state index contributed by atoms with van der Waals surface area (Å²) in [5, 5.41) is 9.61. The van der Waals surface area contributed by atoms with Gasteiger partial charge in [-0.3, -0.25) is 4.79 Å². The molecule has 0 bridgehead atoms. The van der Waals surface area contributed by atoms with E-state index in [1.165, 1.54) is 12.8 Å². The van der Waals surface area contributed by atoms with Crippen molar-refractivity contribution in [1.29, 1.82) is 0 Å². The van der Waals surface area contributed by atoms with Crippen molar-refractivity contribution in [2.75, 3.05) is 19.8 Å². The third kappa shape index (κ3) is 44.8. The zero-order chi connectivity index (χ0) is 39.8. The maximum absolute atomic E-state index is 12.2. The van der Waals surface area contributed by atoms with Gasteiger partial charge in [0.15, 0.2) is 0 Å². The number of hydrogen-bond donors (Lipinski definition) is 1. The lowest BCUT2D eigenvalue weighted by Gasteiger charge is -2.15. The standard InChI is InChI=1S/C51H80O4/c1-3-5-7-9-11-13-15-17-19-21-23-25-26-27-28-30-32-34-36-38-40-42-44-46-51(53)55-50(48-52)49-54-47-45-43-41-39-37-35-33-31-29-24-22-20-18-16-14-12-10-8-6-4-2/h5-8,11-14,17-20,23-25,27-29,32-35,50,52H,3-4,9-10,15-16,21-22,26,30-31,36-49H2,1-2H3/b7-5-,8-6-,13-11-,14-12-,19-17-,20-18-,25-23-,28-27-,29-24-,34-32-,35-33-. The Balaban J connectivity index is 3.63. The SMILES string of the molecule is CC/C=C\C/C=C\C/C=C\C/C=C\C/C=C\C/C=C\CCCCCCC(=O)OC(CO)COCCCCCC/C=C\C/C=C\C/C=C\C/C=C\C/C=C\CC.